The van der Waals surface area contributed by atoms with Crippen molar-refractivity contribution in [1.29, 1.82) is 0 Å². The predicted octanol–water partition coefficient (Wildman–Crippen LogP) is 1.92. The largest absolute Gasteiger partial charge is 0.379 e. The average molecular weight is 297 g/mol. The molecule has 1 fully saturated rings. The summed E-state index contributed by atoms with van der Waals surface area (Å²) in [6.45, 7) is 4.55. The zero-order chi connectivity index (χ0) is 14.5. The molecule has 1 aliphatic rings. The molecule has 4 nitrogen and oxygen atoms in total. The lowest BCUT2D eigenvalue weighted by Crippen LogP contribution is -2.44. The minimum absolute atomic E-state index is 0.0980. The fourth-order valence-corrected chi connectivity index (χ4v) is 2.74. The first-order valence-corrected chi connectivity index (χ1v) is 7.30. The number of rotatable bonds is 5. The molecule has 0 aromatic heterocycles. The molecule has 1 aromatic carbocycles. The Balaban J connectivity index is 1.98. The van der Waals surface area contributed by atoms with Crippen LogP contribution in [0.3, 0.4) is 0 Å². The molecule has 1 aromatic rings. The molecule has 0 spiro atoms. The maximum Gasteiger partial charge on any atom is 0.229 e. The standard InChI is InChI=1S/C15H21ClN2O2/c1-3-17-14-10-20-9-13(14)15(19)18(2)8-11-5-4-6-12(16)7-11/h4-7,13-14,17H,3,8-10H2,1-2H3. The predicted molar refractivity (Wildman–Crippen MR) is 79.7 cm³/mol. The van der Waals surface area contributed by atoms with Gasteiger partial charge < -0.3 is 15.0 Å². The molecular weight excluding hydrogens is 276 g/mol. The molecule has 1 heterocycles. The highest BCUT2D eigenvalue weighted by molar-refractivity contribution is 6.30. The van der Waals surface area contributed by atoms with Crippen molar-refractivity contribution in [3.8, 4) is 0 Å². The molecule has 1 amide bonds. The van der Waals surface area contributed by atoms with E-state index in [1.54, 1.807) is 4.90 Å². The van der Waals surface area contributed by atoms with Crippen molar-refractivity contribution in [1.82, 2.24) is 10.2 Å². The number of amides is 1. The lowest BCUT2D eigenvalue weighted by molar-refractivity contribution is -0.135. The van der Waals surface area contributed by atoms with Crippen LogP contribution in [0.2, 0.25) is 5.02 Å². The van der Waals surface area contributed by atoms with Crippen LogP contribution >= 0.6 is 11.6 Å². The SMILES string of the molecule is CCNC1COCC1C(=O)N(C)Cc1cccc(Cl)c1. The number of ether oxygens (including phenoxy) is 1. The van der Waals surface area contributed by atoms with Gasteiger partial charge in [0, 0.05) is 24.7 Å². The fourth-order valence-electron chi connectivity index (χ4n) is 2.53. The lowest BCUT2D eigenvalue weighted by atomic mass is 10.0. The van der Waals surface area contributed by atoms with Crippen LogP contribution in [0.25, 0.3) is 0 Å². The van der Waals surface area contributed by atoms with E-state index in [1.807, 2.05) is 38.2 Å². The second kappa shape index (κ2) is 7.07. The van der Waals surface area contributed by atoms with E-state index in [0.717, 1.165) is 12.1 Å². The van der Waals surface area contributed by atoms with Crippen molar-refractivity contribution >= 4 is 17.5 Å². The number of likely N-dealkylation sites (N-methyl/N-ethyl adjacent to an activating group) is 1. The van der Waals surface area contributed by atoms with Crippen molar-refractivity contribution in [2.75, 3.05) is 26.8 Å². The Morgan fingerprint density at radius 3 is 3.00 bits per heavy atom. The van der Waals surface area contributed by atoms with E-state index in [0.29, 0.717) is 24.8 Å². The molecule has 2 unspecified atom stereocenters. The monoisotopic (exact) mass is 296 g/mol. The summed E-state index contributed by atoms with van der Waals surface area (Å²) in [6, 6.07) is 7.71. The van der Waals surface area contributed by atoms with Gasteiger partial charge in [-0.15, -0.1) is 0 Å². The van der Waals surface area contributed by atoms with Gasteiger partial charge in [0.25, 0.3) is 0 Å². The Labute approximate surface area is 125 Å². The number of hydrogen-bond donors (Lipinski definition) is 1. The Morgan fingerprint density at radius 2 is 2.30 bits per heavy atom. The lowest BCUT2D eigenvalue weighted by Gasteiger charge is -2.24. The third-order valence-corrected chi connectivity index (χ3v) is 3.78. The zero-order valence-corrected chi connectivity index (χ0v) is 12.7. The summed E-state index contributed by atoms with van der Waals surface area (Å²) in [5.74, 6) is 0.0209. The minimum atomic E-state index is -0.0980. The highest BCUT2D eigenvalue weighted by Gasteiger charge is 2.35. The Bertz CT molecular complexity index is 467. The summed E-state index contributed by atoms with van der Waals surface area (Å²) >= 11 is 5.97. The molecule has 5 heteroatoms. The Morgan fingerprint density at radius 1 is 1.50 bits per heavy atom. The number of nitrogens with zero attached hydrogens (tertiary/aromatic N) is 1. The number of carbonyl (C=O) groups excluding carboxylic acids is 1. The van der Waals surface area contributed by atoms with E-state index in [9.17, 15) is 4.79 Å². The van der Waals surface area contributed by atoms with Gasteiger partial charge in [-0.05, 0) is 24.2 Å². The fraction of sp³-hybridized carbons (Fsp3) is 0.533. The maximum atomic E-state index is 12.5. The molecule has 2 atom stereocenters. The molecule has 0 aliphatic carbocycles. The average Bonchev–Trinajstić information content (AvgIpc) is 2.86. The van der Waals surface area contributed by atoms with Gasteiger partial charge in [-0.2, -0.15) is 0 Å². The first-order chi connectivity index (χ1) is 9.61. The quantitative estimate of drug-likeness (QED) is 0.903. The van der Waals surface area contributed by atoms with Gasteiger partial charge in [0.1, 0.15) is 0 Å². The van der Waals surface area contributed by atoms with Crippen molar-refractivity contribution in [2.45, 2.75) is 19.5 Å². The normalized spacial score (nSPS) is 21.9. The summed E-state index contributed by atoms with van der Waals surface area (Å²) in [7, 11) is 1.82. The first-order valence-electron chi connectivity index (χ1n) is 6.92. The van der Waals surface area contributed by atoms with Crippen LogP contribution in [0.15, 0.2) is 24.3 Å². The molecule has 110 valence electrons. The second-order valence-electron chi connectivity index (χ2n) is 5.13. The van der Waals surface area contributed by atoms with Crippen LogP contribution in [-0.2, 0) is 16.1 Å². The molecule has 1 saturated heterocycles. The van der Waals surface area contributed by atoms with Gasteiger partial charge >= 0.3 is 0 Å². The number of nitrogens with one attached hydrogen (secondary N) is 1. The highest BCUT2D eigenvalue weighted by Crippen LogP contribution is 2.18. The molecule has 2 rings (SSSR count). The van der Waals surface area contributed by atoms with Crippen molar-refractivity contribution in [3.63, 3.8) is 0 Å². The van der Waals surface area contributed by atoms with Crippen LogP contribution in [0.5, 0.6) is 0 Å². The molecule has 1 N–H and O–H groups in total. The van der Waals surface area contributed by atoms with Crippen LogP contribution in [0.1, 0.15) is 12.5 Å². The van der Waals surface area contributed by atoms with E-state index >= 15 is 0 Å². The summed E-state index contributed by atoms with van der Waals surface area (Å²) < 4.78 is 5.43. The number of carbonyl (C=O) groups is 1. The molecule has 20 heavy (non-hydrogen) atoms. The number of hydrogen-bond acceptors (Lipinski definition) is 3. The van der Waals surface area contributed by atoms with Crippen molar-refractivity contribution in [3.05, 3.63) is 34.9 Å². The van der Waals surface area contributed by atoms with E-state index in [-0.39, 0.29) is 17.9 Å². The summed E-state index contributed by atoms with van der Waals surface area (Å²) in [5.41, 5.74) is 1.03. The van der Waals surface area contributed by atoms with E-state index in [2.05, 4.69) is 5.32 Å². The van der Waals surface area contributed by atoms with E-state index < -0.39 is 0 Å². The molecule has 0 saturated carbocycles. The molecule has 0 bridgehead atoms. The Hall–Kier alpha value is -1.10. The number of benzene rings is 1. The zero-order valence-electron chi connectivity index (χ0n) is 11.9. The van der Waals surface area contributed by atoms with Crippen molar-refractivity contribution < 1.29 is 9.53 Å². The summed E-state index contributed by atoms with van der Waals surface area (Å²) in [6.07, 6.45) is 0. The van der Waals surface area contributed by atoms with Crippen LogP contribution in [0.4, 0.5) is 0 Å². The molecule has 0 radical (unpaired) electrons. The number of halogens is 1. The van der Waals surface area contributed by atoms with Crippen LogP contribution in [0, 0.1) is 5.92 Å². The van der Waals surface area contributed by atoms with Gasteiger partial charge in [-0.25, -0.2) is 0 Å². The van der Waals surface area contributed by atoms with Gasteiger partial charge in [-0.3, -0.25) is 4.79 Å². The Kier molecular flexibility index (Phi) is 5.40. The molecule has 1 aliphatic heterocycles. The first kappa shape index (κ1) is 15.3. The van der Waals surface area contributed by atoms with Gasteiger partial charge in [0.15, 0.2) is 0 Å². The third kappa shape index (κ3) is 3.72. The second-order valence-corrected chi connectivity index (χ2v) is 5.57. The molecular formula is C15H21ClN2O2. The summed E-state index contributed by atoms with van der Waals surface area (Å²) in [5, 5.41) is 4.00. The smallest absolute Gasteiger partial charge is 0.229 e. The topological polar surface area (TPSA) is 41.6 Å². The van der Waals surface area contributed by atoms with Crippen LogP contribution in [-0.4, -0.2) is 43.7 Å². The minimum Gasteiger partial charge on any atom is -0.379 e. The van der Waals surface area contributed by atoms with Gasteiger partial charge in [0.05, 0.1) is 19.1 Å². The highest BCUT2D eigenvalue weighted by atomic mass is 35.5. The van der Waals surface area contributed by atoms with Crippen LogP contribution < -0.4 is 5.32 Å². The van der Waals surface area contributed by atoms with Gasteiger partial charge in [0.2, 0.25) is 5.91 Å². The van der Waals surface area contributed by atoms with E-state index in [1.165, 1.54) is 0 Å². The van der Waals surface area contributed by atoms with E-state index in [4.69, 9.17) is 16.3 Å². The summed E-state index contributed by atoms with van der Waals surface area (Å²) in [4.78, 5) is 14.2. The maximum absolute atomic E-state index is 12.5. The third-order valence-electron chi connectivity index (χ3n) is 3.55. The van der Waals surface area contributed by atoms with Crippen molar-refractivity contribution in [2.24, 2.45) is 5.92 Å². The van der Waals surface area contributed by atoms with Gasteiger partial charge in [-0.1, -0.05) is 30.7 Å².